The molecule has 1 saturated carbocycles. The standard InChI is InChI=1S/C38H43N3O/c1-26-7-6-8-29-18-19-30(24-32(29)23-26)35(42)20-16-28-13-11-27(12-14-28)15-17-31-25-41-34-21-22-40-37(36(31)34)38(2,39)33-9-4-3-5-10-33/h6-8,11-14,18-19,21-26,33,41H,3-5,9-10,15-17,20,39H2,1-2H3. The van der Waals surface area contributed by atoms with E-state index in [0.29, 0.717) is 18.3 Å². The van der Waals surface area contributed by atoms with Crippen LogP contribution in [-0.4, -0.2) is 15.8 Å². The number of Topliss-reactive ketones (excluding diaryl/α,β-unsaturated/α-hetero) is 1. The minimum atomic E-state index is -0.430. The quantitative estimate of drug-likeness (QED) is 0.225. The van der Waals surface area contributed by atoms with Crippen molar-refractivity contribution in [1.29, 1.82) is 0 Å². The summed E-state index contributed by atoms with van der Waals surface area (Å²) in [6, 6.07) is 16.9. The van der Waals surface area contributed by atoms with Crippen LogP contribution in [-0.2, 0) is 24.8 Å². The number of pyridine rings is 1. The molecule has 0 saturated heterocycles. The van der Waals surface area contributed by atoms with E-state index in [9.17, 15) is 4.79 Å². The summed E-state index contributed by atoms with van der Waals surface area (Å²) in [6.45, 7) is 4.35. The molecule has 216 valence electrons. The fraction of sp³-hybridized carbons (Fsp3) is 0.368. The average Bonchev–Trinajstić information content (AvgIpc) is 3.33. The maximum absolute atomic E-state index is 13.0. The summed E-state index contributed by atoms with van der Waals surface area (Å²) >= 11 is 0. The zero-order valence-electron chi connectivity index (χ0n) is 25.0. The van der Waals surface area contributed by atoms with Crippen molar-refractivity contribution in [1.82, 2.24) is 9.97 Å². The molecular weight excluding hydrogens is 514 g/mol. The summed E-state index contributed by atoms with van der Waals surface area (Å²) in [5.41, 5.74) is 13.4. The number of hydrogen-bond donors (Lipinski definition) is 2. The second-order valence-electron chi connectivity index (χ2n) is 12.7. The highest BCUT2D eigenvalue weighted by atomic mass is 16.1. The maximum Gasteiger partial charge on any atom is 0.163 e. The Morgan fingerprint density at radius 1 is 0.976 bits per heavy atom. The van der Waals surface area contributed by atoms with Crippen molar-refractivity contribution in [2.75, 3.05) is 0 Å². The number of H-pyrrole nitrogens is 1. The predicted molar refractivity (Wildman–Crippen MR) is 174 cm³/mol. The molecule has 2 aromatic heterocycles. The second-order valence-corrected chi connectivity index (χ2v) is 12.7. The number of carbonyl (C=O) groups is 1. The van der Waals surface area contributed by atoms with E-state index in [4.69, 9.17) is 10.7 Å². The Balaban J connectivity index is 1.10. The molecule has 0 bridgehead atoms. The predicted octanol–water partition coefficient (Wildman–Crippen LogP) is 6.68. The van der Waals surface area contributed by atoms with Gasteiger partial charge in [-0.25, -0.2) is 0 Å². The van der Waals surface area contributed by atoms with Crippen molar-refractivity contribution >= 4 is 28.8 Å². The lowest BCUT2D eigenvalue weighted by atomic mass is 9.73. The second kappa shape index (κ2) is 12.2. The van der Waals surface area contributed by atoms with Crippen molar-refractivity contribution < 1.29 is 4.79 Å². The number of fused-ring (bicyclic) bond motifs is 2. The van der Waals surface area contributed by atoms with Gasteiger partial charge in [-0.3, -0.25) is 9.78 Å². The number of carbonyl (C=O) groups excluding carboxylic acids is 1. The van der Waals surface area contributed by atoms with Gasteiger partial charge in [0.05, 0.1) is 11.2 Å². The van der Waals surface area contributed by atoms with Gasteiger partial charge in [-0.1, -0.05) is 86.9 Å². The normalized spacial score (nSPS) is 18.5. The van der Waals surface area contributed by atoms with Crippen LogP contribution in [0.4, 0.5) is 0 Å². The Kier molecular flexibility index (Phi) is 8.26. The molecule has 2 unspecified atom stereocenters. The van der Waals surface area contributed by atoms with Crippen molar-refractivity contribution in [2.45, 2.75) is 77.2 Å². The SMILES string of the molecule is CC1C=CC=c2ccc(C(=O)CCc3ccc(CCc4c[nH]c5ccnc(C(C)(N)C6CCCCC6)c45)cc3)cc2=C1. The lowest BCUT2D eigenvalue weighted by Crippen LogP contribution is -2.43. The fourth-order valence-electron chi connectivity index (χ4n) is 6.92. The first-order chi connectivity index (χ1) is 20.4. The van der Waals surface area contributed by atoms with Gasteiger partial charge in [0.25, 0.3) is 0 Å². The number of nitrogens with two attached hydrogens (primary N) is 1. The molecule has 2 atom stereocenters. The summed E-state index contributed by atoms with van der Waals surface area (Å²) < 4.78 is 0. The third-order valence-electron chi connectivity index (χ3n) is 9.53. The number of aromatic amines is 1. The van der Waals surface area contributed by atoms with Gasteiger partial charge < -0.3 is 10.7 Å². The van der Waals surface area contributed by atoms with E-state index in [0.717, 1.165) is 41.3 Å². The minimum absolute atomic E-state index is 0.198. The summed E-state index contributed by atoms with van der Waals surface area (Å²) in [5, 5.41) is 3.53. The van der Waals surface area contributed by atoms with Crippen LogP contribution in [0.3, 0.4) is 0 Å². The van der Waals surface area contributed by atoms with Crippen LogP contribution in [0.15, 0.2) is 73.1 Å². The fourth-order valence-corrected chi connectivity index (χ4v) is 6.92. The van der Waals surface area contributed by atoms with Gasteiger partial charge in [0.15, 0.2) is 5.78 Å². The van der Waals surface area contributed by atoms with Crippen LogP contribution in [0.5, 0.6) is 0 Å². The van der Waals surface area contributed by atoms with Gasteiger partial charge in [0.2, 0.25) is 0 Å². The van der Waals surface area contributed by atoms with E-state index in [1.165, 1.54) is 59.4 Å². The zero-order chi connectivity index (χ0) is 29.1. The molecule has 0 radical (unpaired) electrons. The first kappa shape index (κ1) is 28.4. The Morgan fingerprint density at radius 2 is 1.74 bits per heavy atom. The molecule has 0 spiro atoms. The average molecular weight is 558 g/mol. The van der Waals surface area contributed by atoms with Gasteiger partial charge >= 0.3 is 0 Å². The van der Waals surface area contributed by atoms with E-state index in [1.807, 2.05) is 12.3 Å². The monoisotopic (exact) mass is 557 g/mol. The number of nitrogens with zero attached hydrogens (tertiary/aromatic N) is 1. The summed E-state index contributed by atoms with van der Waals surface area (Å²) in [4.78, 5) is 21.4. The van der Waals surface area contributed by atoms with Crippen LogP contribution in [0.25, 0.3) is 23.1 Å². The largest absolute Gasteiger partial charge is 0.361 e. The number of aromatic nitrogens is 2. The Morgan fingerprint density at radius 3 is 2.52 bits per heavy atom. The van der Waals surface area contributed by atoms with E-state index >= 15 is 0 Å². The highest BCUT2D eigenvalue weighted by Gasteiger charge is 2.36. The number of allylic oxidation sites excluding steroid dienone is 2. The van der Waals surface area contributed by atoms with Crippen molar-refractivity contribution in [3.05, 3.63) is 111 Å². The van der Waals surface area contributed by atoms with Crippen molar-refractivity contribution in [2.24, 2.45) is 17.6 Å². The number of nitrogens with one attached hydrogen (secondary N) is 1. The molecule has 6 rings (SSSR count). The van der Waals surface area contributed by atoms with Crippen LogP contribution >= 0.6 is 0 Å². The summed E-state index contributed by atoms with van der Waals surface area (Å²) in [6.07, 6.45) is 22.0. The van der Waals surface area contributed by atoms with Crippen LogP contribution in [0.2, 0.25) is 0 Å². The van der Waals surface area contributed by atoms with E-state index < -0.39 is 5.54 Å². The zero-order valence-corrected chi connectivity index (χ0v) is 25.0. The number of hydrogen-bond acceptors (Lipinski definition) is 3. The molecule has 0 aliphatic heterocycles. The summed E-state index contributed by atoms with van der Waals surface area (Å²) in [5.74, 6) is 1.04. The van der Waals surface area contributed by atoms with Crippen LogP contribution in [0.1, 0.15) is 85.1 Å². The molecule has 4 nitrogen and oxygen atoms in total. The third-order valence-corrected chi connectivity index (χ3v) is 9.53. The maximum atomic E-state index is 13.0. The molecular formula is C38H43N3O. The molecule has 2 aromatic carbocycles. The van der Waals surface area contributed by atoms with Gasteiger partial charge in [-0.15, -0.1) is 0 Å². The molecule has 4 aromatic rings. The molecule has 2 aliphatic carbocycles. The topological polar surface area (TPSA) is 71.8 Å². The van der Waals surface area contributed by atoms with E-state index in [1.54, 1.807) is 0 Å². The van der Waals surface area contributed by atoms with Gasteiger partial charge in [-0.2, -0.15) is 0 Å². The Hall–Kier alpha value is -3.76. The van der Waals surface area contributed by atoms with Crippen molar-refractivity contribution in [3.8, 4) is 0 Å². The lowest BCUT2D eigenvalue weighted by Gasteiger charge is -2.37. The third kappa shape index (κ3) is 6.05. The molecule has 4 heteroatoms. The van der Waals surface area contributed by atoms with Gasteiger partial charge in [0, 0.05) is 35.3 Å². The molecule has 0 amide bonds. The smallest absolute Gasteiger partial charge is 0.163 e. The highest BCUT2D eigenvalue weighted by molar-refractivity contribution is 5.96. The molecule has 42 heavy (non-hydrogen) atoms. The first-order valence-electron chi connectivity index (χ1n) is 15.7. The molecule has 3 N–H and O–H groups in total. The Labute approximate surface area is 249 Å². The van der Waals surface area contributed by atoms with Crippen molar-refractivity contribution in [3.63, 3.8) is 0 Å². The molecule has 2 heterocycles. The number of aryl methyl sites for hydroxylation is 3. The number of benzene rings is 2. The first-order valence-corrected chi connectivity index (χ1v) is 15.7. The molecule has 1 fully saturated rings. The van der Waals surface area contributed by atoms with E-state index in [2.05, 4.69) is 91.8 Å². The van der Waals surface area contributed by atoms with Crippen LogP contribution in [0, 0.1) is 11.8 Å². The number of ketones is 1. The van der Waals surface area contributed by atoms with Gasteiger partial charge in [-0.05, 0) is 90.1 Å². The van der Waals surface area contributed by atoms with Gasteiger partial charge in [0.1, 0.15) is 0 Å². The van der Waals surface area contributed by atoms with Crippen LogP contribution < -0.4 is 16.2 Å². The van der Waals surface area contributed by atoms with E-state index in [-0.39, 0.29) is 5.78 Å². The number of rotatable bonds is 9. The Bertz CT molecular complexity index is 1720. The lowest BCUT2D eigenvalue weighted by molar-refractivity contribution is 0.0982. The minimum Gasteiger partial charge on any atom is -0.361 e. The summed E-state index contributed by atoms with van der Waals surface area (Å²) in [7, 11) is 0. The highest BCUT2D eigenvalue weighted by Crippen LogP contribution is 2.39. The molecule has 2 aliphatic rings.